The second kappa shape index (κ2) is 5.74. The van der Waals surface area contributed by atoms with Crippen molar-refractivity contribution in [3.63, 3.8) is 0 Å². The first kappa shape index (κ1) is 14.1. The van der Waals surface area contributed by atoms with Crippen molar-refractivity contribution in [3.05, 3.63) is 59.4 Å². The Kier molecular flexibility index (Phi) is 4.03. The van der Waals surface area contributed by atoms with Crippen LogP contribution in [0.4, 0.5) is 15.8 Å². The van der Waals surface area contributed by atoms with Crippen molar-refractivity contribution in [1.29, 1.82) is 0 Å². The molecule has 0 amide bonds. The van der Waals surface area contributed by atoms with E-state index in [1.807, 2.05) is 38.1 Å². The van der Waals surface area contributed by atoms with Crippen molar-refractivity contribution < 1.29 is 14.3 Å². The Hall–Kier alpha value is -2.36. The molecule has 0 aromatic heterocycles. The number of hydrogen-bond donors (Lipinski definition) is 1. The van der Waals surface area contributed by atoms with E-state index in [0.29, 0.717) is 12.2 Å². The molecule has 2 aromatic carbocycles. The predicted octanol–water partition coefficient (Wildman–Crippen LogP) is 3.99. The quantitative estimate of drug-likeness (QED) is 0.915. The van der Waals surface area contributed by atoms with Gasteiger partial charge in [0, 0.05) is 12.2 Å². The Morgan fingerprint density at radius 2 is 1.85 bits per heavy atom. The van der Waals surface area contributed by atoms with Crippen LogP contribution in [-0.2, 0) is 0 Å². The van der Waals surface area contributed by atoms with E-state index in [9.17, 15) is 14.3 Å². The summed E-state index contributed by atoms with van der Waals surface area (Å²) >= 11 is 0. The second-order valence-corrected chi connectivity index (χ2v) is 4.52. The molecule has 0 saturated heterocycles. The highest BCUT2D eigenvalue weighted by atomic mass is 19.1. The Labute approximate surface area is 117 Å². The molecule has 0 heterocycles. The maximum Gasteiger partial charge on any atom is 0.340 e. The van der Waals surface area contributed by atoms with Crippen molar-refractivity contribution in [3.8, 4) is 0 Å². The van der Waals surface area contributed by atoms with Gasteiger partial charge in [-0.15, -0.1) is 0 Å². The van der Waals surface area contributed by atoms with Gasteiger partial charge in [0.1, 0.15) is 11.4 Å². The van der Waals surface area contributed by atoms with E-state index < -0.39 is 11.8 Å². The van der Waals surface area contributed by atoms with E-state index in [1.54, 1.807) is 11.0 Å². The molecule has 0 bridgehead atoms. The van der Waals surface area contributed by atoms with E-state index in [-0.39, 0.29) is 5.56 Å². The summed E-state index contributed by atoms with van der Waals surface area (Å²) < 4.78 is 13.8. The smallest absolute Gasteiger partial charge is 0.340 e. The molecule has 0 fully saturated rings. The fraction of sp³-hybridized carbons (Fsp3) is 0.188. The van der Waals surface area contributed by atoms with Gasteiger partial charge in [-0.05, 0) is 38.1 Å². The van der Waals surface area contributed by atoms with Crippen LogP contribution in [0, 0.1) is 12.7 Å². The SMILES string of the molecule is CCN(c1ccc(C)cc1)c1cccc(F)c1C(=O)O. The average Bonchev–Trinajstić information content (AvgIpc) is 2.41. The van der Waals surface area contributed by atoms with E-state index in [4.69, 9.17) is 0 Å². The number of aromatic carboxylic acids is 1. The molecule has 4 heteroatoms. The van der Waals surface area contributed by atoms with Crippen molar-refractivity contribution in [1.82, 2.24) is 0 Å². The summed E-state index contributed by atoms with van der Waals surface area (Å²) in [6, 6.07) is 12.0. The van der Waals surface area contributed by atoms with Crippen molar-refractivity contribution in [2.75, 3.05) is 11.4 Å². The van der Waals surface area contributed by atoms with Gasteiger partial charge in [0.25, 0.3) is 0 Å². The Morgan fingerprint density at radius 3 is 2.40 bits per heavy atom. The third-order valence-electron chi connectivity index (χ3n) is 3.16. The molecule has 0 radical (unpaired) electrons. The fourth-order valence-corrected chi connectivity index (χ4v) is 2.17. The lowest BCUT2D eigenvalue weighted by Gasteiger charge is -2.25. The Balaban J connectivity index is 2.55. The zero-order valence-electron chi connectivity index (χ0n) is 11.4. The average molecular weight is 273 g/mol. The molecule has 20 heavy (non-hydrogen) atoms. The highest BCUT2D eigenvalue weighted by Crippen LogP contribution is 2.30. The molecular weight excluding hydrogens is 257 g/mol. The number of rotatable bonds is 4. The molecule has 0 aliphatic rings. The number of carboxylic acid groups (broad SMARTS) is 1. The molecule has 0 saturated carbocycles. The van der Waals surface area contributed by atoms with Gasteiger partial charge in [-0.1, -0.05) is 23.8 Å². The lowest BCUT2D eigenvalue weighted by atomic mass is 10.1. The van der Waals surface area contributed by atoms with E-state index in [0.717, 1.165) is 17.3 Å². The highest BCUT2D eigenvalue weighted by molar-refractivity contribution is 5.96. The van der Waals surface area contributed by atoms with Crippen LogP contribution in [-0.4, -0.2) is 17.6 Å². The number of anilines is 2. The number of nitrogens with zero attached hydrogens (tertiary/aromatic N) is 1. The lowest BCUT2D eigenvalue weighted by molar-refractivity contribution is 0.0693. The van der Waals surface area contributed by atoms with E-state index in [1.165, 1.54) is 6.07 Å². The zero-order chi connectivity index (χ0) is 14.7. The summed E-state index contributed by atoms with van der Waals surface area (Å²) in [4.78, 5) is 13.1. The molecule has 0 atom stereocenters. The predicted molar refractivity (Wildman–Crippen MR) is 77.2 cm³/mol. The maximum absolute atomic E-state index is 13.8. The van der Waals surface area contributed by atoms with Gasteiger partial charge in [-0.3, -0.25) is 0 Å². The molecule has 2 rings (SSSR count). The van der Waals surface area contributed by atoms with Gasteiger partial charge in [0.2, 0.25) is 0 Å². The zero-order valence-corrected chi connectivity index (χ0v) is 11.4. The van der Waals surface area contributed by atoms with Crippen molar-refractivity contribution >= 4 is 17.3 Å². The molecule has 0 unspecified atom stereocenters. The molecule has 3 nitrogen and oxygen atoms in total. The van der Waals surface area contributed by atoms with Gasteiger partial charge < -0.3 is 10.0 Å². The van der Waals surface area contributed by atoms with Crippen molar-refractivity contribution in [2.45, 2.75) is 13.8 Å². The van der Waals surface area contributed by atoms with Crippen molar-refractivity contribution in [2.24, 2.45) is 0 Å². The Morgan fingerprint density at radius 1 is 1.20 bits per heavy atom. The van der Waals surface area contributed by atoms with Gasteiger partial charge in [0.15, 0.2) is 0 Å². The fourth-order valence-electron chi connectivity index (χ4n) is 2.17. The normalized spacial score (nSPS) is 10.3. The first-order valence-electron chi connectivity index (χ1n) is 6.40. The third kappa shape index (κ3) is 2.64. The standard InChI is InChI=1S/C16H16FNO2/c1-3-18(12-9-7-11(2)8-10-12)14-6-4-5-13(17)15(14)16(19)20/h4-10H,3H2,1-2H3,(H,19,20). The number of benzene rings is 2. The summed E-state index contributed by atoms with van der Waals surface area (Å²) in [5.41, 5.74) is 2.02. The molecule has 0 aliphatic carbocycles. The number of aryl methyl sites for hydroxylation is 1. The van der Waals surface area contributed by atoms with Crippen LogP contribution in [0.1, 0.15) is 22.8 Å². The van der Waals surface area contributed by atoms with Gasteiger partial charge in [-0.25, -0.2) is 9.18 Å². The largest absolute Gasteiger partial charge is 0.478 e. The minimum Gasteiger partial charge on any atom is -0.478 e. The number of carboxylic acids is 1. The van der Waals surface area contributed by atoms with Crippen LogP contribution >= 0.6 is 0 Å². The van der Waals surface area contributed by atoms with Crippen LogP contribution in [0.5, 0.6) is 0 Å². The van der Waals surface area contributed by atoms with Gasteiger partial charge in [0.05, 0.1) is 5.69 Å². The first-order valence-corrected chi connectivity index (χ1v) is 6.40. The molecule has 0 aliphatic heterocycles. The molecule has 2 aromatic rings. The van der Waals surface area contributed by atoms with Crippen LogP contribution in [0.2, 0.25) is 0 Å². The highest BCUT2D eigenvalue weighted by Gasteiger charge is 2.20. The molecule has 1 N–H and O–H groups in total. The number of hydrogen-bond acceptors (Lipinski definition) is 2. The number of carbonyl (C=O) groups is 1. The van der Waals surface area contributed by atoms with Crippen LogP contribution in [0.15, 0.2) is 42.5 Å². The molecule has 104 valence electrons. The van der Waals surface area contributed by atoms with E-state index in [2.05, 4.69) is 0 Å². The summed E-state index contributed by atoms with van der Waals surface area (Å²) in [5.74, 6) is -1.98. The Bertz CT molecular complexity index is 623. The molecular formula is C16H16FNO2. The minimum atomic E-state index is -1.26. The first-order chi connectivity index (χ1) is 9.54. The molecule has 0 spiro atoms. The van der Waals surface area contributed by atoms with Crippen LogP contribution < -0.4 is 4.90 Å². The van der Waals surface area contributed by atoms with Crippen LogP contribution in [0.25, 0.3) is 0 Å². The third-order valence-corrected chi connectivity index (χ3v) is 3.16. The topological polar surface area (TPSA) is 40.5 Å². The minimum absolute atomic E-state index is 0.296. The summed E-state index contributed by atoms with van der Waals surface area (Å²) in [7, 11) is 0. The van der Waals surface area contributed by atoms with E-state index >= 15 is 0 Å². The summed E-state index contributed by atoms with van der Waals surface area (Å²) in [6.45, 7) is 4.42. The van der Waals surface area contributed by atoms with Crippen LogP contribution in [0.3, 0.4) is 0 Å². The summed E-state index contributed by atoms with van der Waals surface area (Å²) in [6.07, 6.45) is 0. The number of halogens is 1. The maximum atomic E-state index is 13.8. The second-order valence-electron chi connectivity index (χ2n) is 4.52. The van der Waals surface area contributed by atoms with Gasteiger partial charge in [-0.2, -0.15) is 0 Å². The monoisotopic (exact) mass is 273 g/mol. The summed E-state index contributed by atoms with van der Waals surface area (Å²) in [5, 5.41) is 9.22. The lowest BCUT2D eigenvalue weighted by Crippen LogP contribution is -2.20. The van der Waals surface area contributed by atoms with Gasteiger partial charge >= 0.3 is 5.97 Å².